The standard InChI is InChI=1S/C13H13ClN2O3/c1-2-10(15)13-6-5-12(19-13)8-3-4-11(16(17)18)9(14)7-8/h3-7,10H,2,15H2,1H3. The van der Waals surface area contributed by atoms with Crippen molar-refractivity contribution in [2.45, 2.75) is 19.4 Å². The molecule has 1 aromatic heterocycles. The van der Waals surface area contributed by atoms with Gasteiger partial charge in [0.2, 0.25) is 0 Å². The van der Waals surface area contributed by atoms with Crippen molar-refractivity contribution in [2.75, 3.05) is 0 Å². The molecule has 2 N–H and O–H groups in total. The molecule has 0 saturated heterocycles. The smallest absolute Gasteiger partial charge is 0.287 e. The molecular weight excluding hydrogens is 268 g/mol. The lowest BCUT2D eigenvalue weighted by Gasteiger charge is -2.04. The molecule has 0 bridgehead atoms. The van der Waals surface area contributed by atoms with E-state index in [4.69, 9.17) is 21.8 Å². The number of furan rings is 1. The molecule has 5 nitrogen and oxygen atoms in total. The van der Waals surface area contributed by atoms with Crippen molar-refractivity contribution >= 4 is 17.3 Å². The molecule has 2 aromatic rings. The van der Waals surface area contributed by atoms with E-state index in [9.17, 15) is 10.1 Å². The van der Waals surface area contributed by atoms with Gasteiger partial charge in [0.25, 0.3) is 5.69 Å². The van der Waals surface area contributed by atoms with E-state index >= 15 is 0 Å². The normalized spacial score (nSPS) is 12.4. The lowest BCUT2D eigenvalue weighted by molar-refractivity contribution is -0.384. The minimum atomic E-state index is -0.521. The van der Waals surface area contributed by atoms with Crippen LogP contribution >= 0.6 is 11.6 Å². The van der Waals surface area contributed by atoms with Gasteiger partial charge >= 0.3 is 0 Å². The Hall–Kier alpha value is -1.85. The fourth-order valence-corrected chi connectivity index (χ4v) is 1.97. The Morgan fingerprint density at radius 1 is 1.42 bits per heavy atom. The summed E-state index contributed by atoms with van der Waals surface area (Å²) in [6.45, 7) is 1.97. The van der Waals surface area contributed by atoms with Gasteiger partial charge in [-0.1, -0.05) is 18.5 Å². The summed E-state index contributed by atoms with van der Waals surface area (Å²) in [7, 11) is 0. The van der Waals surface area contributed by atoms with E-state index in [2.05, 4.69) is 0 Å². The molecule has 0 amide bonds. The van der Waals surface area contributed by atoms with E-state index in [1.165, 1.54) is 12.1 Å². The predicted molar refractivity (Wildman–Crippen MR) is 73.0 cm³/mol. The highest BCUT2D eigenvalue weighted by Gasteiger charge is 2.15. The number of hydrogen-bond donors (Lipinski definition) is 1. The predicted octanol–water partition coefficient (Wildman–Crippen LogP) is 3.92. The summed E-state index contributed by atoms with van der Waals surface area (Å²) in [6.07, 6.45) is 0.772. The first-order valence-electron chi connectivity index (χ1n) is 5.82. The molecule has 100 valence electrons. The Morgan fingerprint density at radius 3 is 2.74 bits per heavy atom. The van der Waals surface area contributed by atoms with Crippen LogP contribution in [-0.2, 0) is 0 Å². The quantitative estimate of drug-likeness (QED) is 0.680. The topological polar surface area (TPSA) is 82.3 Å². The van der Waals surface area contributed by atoms with Gasteiger partial charge in [-0.2, -0.15) is 0 Å². The number of benzene rings is 1. The molecule has 0 radical (unpaired) electrons. The molecule has 0 aliphatic carbocycles. The van der Waals surface area contributed by atoms with Crippen LogP contribution < -0.4 is 5.73 Å². The van der Waals surface area contributed by atoms with Crippen molar-refractivity contribution < 1.29 is 9.34 Å². The van der Waals surface area contributed by atoms with Gasteiger partial charge in [-0.15, -0.1) is 0 Å². The number of nitrogens with two attached hydrogens (primary N) is 1. The lowest BCUT2D eigenvalue weighted by atomic mass is 10.1. The van der Waals surface area contributed by atoms with Crippen LogP contribution in [-0.4, -0.2) is 4.92 Å². The third-order valence-corrected chi connectivity index (χ3v) is 3.16. The number of nitrogens with zero attached hydrogens (tertiary/aromatic N) is 1. The Labute approximate surface area is 115 Å². The van der Waals surface area contributed by atoms with Crippen molar-refractivity contribution in [3.63, 3.8) is 0 Å². The molecule has 19 heavy (non-hydrogen) atoms. The fourth-order valence-electron chi connectivity index (χ4n) is 1.72. The molecule has 2 rings (SSSR count). The molecule has 0 spiro atoms. The molecule has 1 heterocycles. The molecule has 1 atom stereocenters. The van der Waals surface area contributed by atoms with Crippen LogP contribution in [0.1, 0.15) is 25.1 Å². The molecule has 6 heteroatoms. The van der Waals surface area contributed by atoms with Crippen LogP contribution in [0, 0.1) is 10.1 Å². The van der Waals surface area contributed by atoms with E-state index in [1.807, 2.05) is 6.92 Å². The average Bonchev–Trinajstić information content (AvgIpc) is 2.86. The number of hydrogen-bond acceptors (Lipinski definition) is 4. The van der Waals surface area contributed by atoms with Crippen LogP contribution in [0.15, 0.2) is 34.7 Å². The van der Waals surface area contributed by atoms with Crippen molar-refractivity contribution in [1.82, 2.24) is 0 Å². The maximum absolute atomic E-state index is 10.7. The first-order chi connectivity index (χ1) is 9.02. The highest BCUT2D eigenvalue weighted by molar-refractivity contribution is 6.32. The zero-order valence-corrected chi connectivity index (χ0v) is 11.1. The third-order valence-electron chi connectivity index (χ3n) is 2.86. The first kappa shape index (κ1) is 13.6. The fraction of sp³-hybridized carbons (Fsp3) is 0.231. The maximum Gasteiger partial charge on any atom is 0.287 e. The van der Waals surface area contributed by atoms with Gasteiger partial charge in [0, 0.05) is 11.6 Å². The number of nitro groups is 1. The summed E-state index contributed by atoms with van der Waals surface area (Å²) in [5, 5.41) is 10.8. The van der Waals surface area contributed by atoms with Crippen LogP contribution in [0.4, 0.5) is 5.69 Å². The van der Waals surface area contributed by atoms with E-state index in [1.54, 1.807) is 18.2 Å². The minimum Gasteiger partial charge on any atom is -0.459 e. The van der Waals surface area contributed by atoms with E-state index in [0.29, 0.717) is 17.1 Å². The largest absolute Gasteiger partial charge is 0.459 e. The van der Waals surface area contributed by atoms with Crippen molar-refractivity contribution in [3.05, 3.63) is 51.2 Å². The molecule has 0 aliphatic heterocycles. The second-order valence-electron chi connectivity index (χ2n) is 4.14. The summed E-state index contributed by atoms with van der Waals surface area (Å²) in [6, 6.07) is 7.91. The summed E-state index contributed by atoms with van der Waals surface area (Å²) < 4.78 is 5.62. The monoisotopic (exact) mass is 280 g/mol. The Kier molecular flexibility index (Phi) is 3.87. The number of nitro benzene ring substituents is 1. The molecule has 0 saturated carbocycles. The molecular formula is C13H13ClN2O3. The van der Waals surface area contributed by atoms with Gasteiger partial charge in [0.1, 0.15) is 16.5 Å². The van der Waals surface area contributed by atoms with Crippen LogP contribution in [0.3, 0.4) is 0 Å². The number of rotatable bonds is 4. The van der Waals surface area contributed by atoms with Gasteiger partial charge in [-0.3, -0.25) is 10.1 Å². The third kappa shape index (κ3) is 2.77. The summed E-state index contributed by atoms with van der Waals surface area (Å²) in [5.41, 5.74) is 6.43. The summed E-state index contributed by atoms with van der Waals surface area (Å²) in [5.74, 6) is 1.28. The molecule has 1 aromatic carbocycles. The highest BCUT2D eigenvalue weighted by Crippen LogP contribution is 2.32. The van der Waals surface area contributed by atoms with Gasteiger partial charge < -0.3 is 10.2 Å². The zero-order valence-electron chi connectivity index (χ0n) is 10.3. The SMILES string of the molecule is CCC(N)c1ccc(-c2ccc([N+](=O)[O-])c(Cl)c2)o1. The van der Waals surface area contributed by atoms with E-state index < -0.39 is 4.92 Å². The van der Waals surface area contributed by atoms with Crippen LogP contribution in [0.2, 0.25) is 5.02 Å². The van der Waals surface area contributed by atoms with Gasteiger partial charge in [-0.05, 0) is 30.7 Å². The maximum atomic E-state index is 10.7. The Bertz CT molecular complexity index is 610. The Morgan fingerprint density at radius 2 is 2.16 bits per heavy atom. The summed E-state index contributed by atoms with van der Waals surface area (Å²) in [4.78, 5) is 10.2. The highest BCUT2D eigenvalue weighted by atomic mass is 35.5. The van der Waals surface area contributed by atoms with Crippen molar-refractivity contribution in [2.24, 2.45) is 5.73 Å². The molecule has 0 fully saturated rings. The van der Waals surface area contributed by atoms with E-state index in [-0.39, 0.29) is 16.8 Å². The number of halogens is 1. The zero-order chi connectivity index (χ0) is 14.0. The minimum absolute atomic E-state index is 0.0836. The summed E-state index contributed by atoms with van der Waals surface area (Å²) >= 11 is 5.86. The second-order valence-corrected chi connectivity index (χ2v) is 4.55. The van der Waals surface area contributed by atoms with E-state index in [0.717, 1.165) is 6.42 Å². The average molecular weight is 281 g/mol. The van der Waals surface area contributed by atoms with Gasteiger partial charge in [0.05, 0.1) is 11.0 Å². The van der Waals surface area contributed by atoms with Gasteiger partial charge in [-0.25, -0.2) is 0 Å². The second kappa shape index (κ2) is 5.42. The van der Waals surface area contributed by atoms with Crippen LogP contribution in [0.5, 0.6) is 0 Å². The van der Waals surface area contributed by atoms with Gasteiger partial charge in [0.15, 0.2) is 0 Å². The van der Waals surface area contributed by atoms with Crippen molar-refractivity contribution in [3.8, 4) is 11.3 Å². The lowest BCUT2D eigenvalue weighted by Crippen LogP contribution is -2.06. The molecule has 0 aliphatic rings. The molecule has 1 unspecified atom stereocenters. The Balaban J connectivity index is 2.35. The van der Waals surface area contributed by atoms with Crippen molar-refractivity contribution in [1.29, 1.82) is 0 Å². The first-order valence-corrected chi connectivity index (χ1v) is 6.20. The van der Waals surface area contributed by atoms with Crippen LogP contribution in [0.25, 0.3) is 11.3 Å².